The summed E-state index contributed by atoms with van der Waals surface area (Å²) in [7, 11) is 0. The Morgan fingerprint density at radius 1 is 1.56 bits per heavy atom. The highest BCUT2D eigenvalue weighted by atomic mass is 32.2. The van der Waals surface area contributed by atoms with E-state index in [4.69, 9.17) is 22.2 Å². The monoisotopic (exact) mass is 380 g/mol. The molecule has 25 heavy (non-hydrogen) atoms. The van der Waals surface area contributed by atoms with Gasteiger partial charge < -0.3 is 15.1 Å². The highest BCUT2D eigenvalue weighted by Gasteiger charge is 2.41. The van der Waals surface area contributed by atoms with E-state index in [1.54, 1.807) is 24.2 Å². The molecule has 0 amide bonds. The van der Waals surface area contributed by atoms with E-state index in [9.17, 15) is 5.11 Å². The SMILES string of the molecule is CSC(=S)C1(c2cccnc2)CCCC/C1=C\C=N\OCC(O)CO. The minimum absolute atomic E-state index is 0.0346. The van der Waals surface area contributed by atoms with Gasteiger partial charge in [0, 0.05) is 12.4 Å². The molecule has 2 rings (SSSR count). The summed E-state index contributed by atoms with van der Waals surface area (Å²) in [4.78, 5) is 9.29. The van der Waals surface area contributed by atoms with Crippen molar-refractivity contribution >= 4 is 34.4 Å². The number of oxime groups is 1. The van der Waals surface area contributed by atoms with Crippen LogP contribution in [0.1, 0.15) is 31.2 Å². The summed E-state index contributed by atoms with van der Waals surface area (Å²) >= 11 is 7.36. The molecule has 2 N–H and O–H groups in total. The molecule has 0 aliphatic heterocycles. The second-order valence-electron chi connectivity index (χ2n) is 5.92. The van der Waals surface area contributed by atoms with Crippen LogP contribution >= 0.6 is 24.0 Å². The Hall–Kier alpha value is -1.28. The molecule has 0 aromatic carbocycles. The fraction of sp³-hybridized carbons (Fsp3) is 0.500. The standard InChI is InChI=1S/C18H24N2O3S2/c1-25-17(24)18(15-6-4-9-19-11-15)8-3-2-5-14(18)7-10-20-23-13-16(22)12-21/h4,6-7,9-11,16,21-22H,2-3,5,8,12-13H2,1H3/b14-7+,20-10+. The molecule has 1 aliphatic rings. The number of aromatic nitrogens is 1. The zero-order valence-corrected chi connectivity index (χ0v) is 15.9. The Balaban J connectivity index is 2.27. The van der Waals surface area contributed by atoms with Gasteiger partial charge in [-0.1, -0.05) is 35.4 Å². The molecular formula is C18H24N2O3S2. The Morgan fingerprint density at radius 3 is 3.08 bits per heavy atom. The molecule has 2 unspecified atom stereocenters. The quantitative estimate of drug-likeness (QED) is 0.430. The first-order valence-corrected chi connectivity index (χ1v) is 9.91. The summed E-state index contributed by atoms with van der Waals surface area (Å²) in [5.41, 5.74) is 2.02. The van der Waals surface area contributed by atoms with Crippen molar-refractivity contribution in [3.8, 4) is 0 Å². The lowest BCUT2D eigenvalue weighted by Crippen LogP contribution is -2.37. The highest BCUT2D eigenvalue weighted by Crippen LogP contribution is 2.46. The lowest BCUT2D eigenvalue weighted by atomic mass is 9.67. The Morgan fingerprint density at radius 2 is 2.40 bits per heavy atom. The van der Waals surface area contributed by atoms with Gasteiger partial charge in [0.15, 0.2) is 0 Å². The van der Waals surface area contributed by atoms with Gasteiger partial charge in [-0.3, -0.25) is 4.98 Å². The topological polar surface area (TPSA) is 74.9 Å². The first-order valence-electron chi connectivity index (χ1n) is 8.28. The summed E-state index contributed by atoms with van der Waals surface area (Å²) in [5, 5.41) is 21.9. The van der Waals surface area contributed by atoms with Gasteiger partial charge in [0.25, 0.3) is 0 Å². The van der Waals surface area contributed by atoms with Crippen LogP contribution < -0.4 is 0 Å². The molecule has 136 valence electrons. The van der Waals surface area contributed by atoms with E-state index in [0.29, 0.717) is 0 Å². The third-order valence-corrected chi connectivity index (χ3v) is 5.94. The van der Waals surface area contributed by atoms with Crippen molar-refractivity contribution in [3.63, 3.8) is 0 Å². The maximum Gasteiger partial charge on any atom is 0.145 e. The summed E-state index contributed by atoms with van der Waals surface area (Å²) < 4.78 is 0.941. The molecule has 1 heterocycles. The van der Waals surface area contributed by atoms with Crippen molar-refractivity contribution in [2.24, 2.45) is 5.16 Å². The van der Waals surface area contributed by atoms with Crippen LogP contribution in [-0.4, -0.2) is 51.2 Å². The molecule has 5 nitrogen and oxygen atoms in total. The Bertz CT molecular complexity index is 622. The van der Waals surface area contributed by atoms with Crippen molar-refractivity contribution in [1.82, 2.24) is 4.98 Å². The van der Waals surface area contributed by atoms with Crippen LogP contribution in [0.15, 0.2) is 41.3 Å². The van der Waals surface area contributed by atoms with E-state index in [1.165, 1.54) is 5.57 Å². The fourth-order valence-corrected chi connectivity index (χ4v) is 4.17. The molecule has 1 fully saturated rings. The molecule has 0 spiro atoms. The Labute approximate surface area is 158 Å². The lowest BCUT2D eigenvalue weighted by Gasteiger charge is -2.40. The summed E-state index contributed by atoms with van der Waals surface area (Å²) in [6.45, 7) is -0.379. The van der Waals surface area contributed by atoms with Crippen LogP contribution in [0.25, 0.3) is 0 Å². The van der Waals surface area contributed by atoms with E-state index in [-0.39, 0.29) is 18.6 Å². The first-order chi connectivity index (χ1) is 12.1. The smallest absolute Gasteiger partial charge is 0.145 e. The number of hydrogen-bond donors (Lipinski definition) is 2. The van der Waals surface area contributed by atoms with E-state index in [2.05, 4.69) is 16.2 Å². The summed E-state index contributed by atoms with van der Waals surface area (Å²) in [5.74, 6) is 0. The molecular weight excluding hydrogens is 356 g/mol. The average molecular weight is 381 g/mol. The zero-order chi connectivity index (χ0) is 18.1. The second-order valence-corrected chi connectivity index (χ2v) is 7.41. The van der Waals surface area contributed by atoms with Gasteiger partial charge >= 0.3 is 0 Å². The molecule has 2 atom stereocenters. The van der Waals surface area contributed by atoms with Gasteiger partial charge in [-0.15, -0.1) is 11.8 Å². The third kappa shape index (κ3) is 4.88. The number of rotatable bonds is 7. The normalized spacial score (nSPS) is 23.7. The van der Waals surface area contributed by atoms with E-state index in [1.807, 2.05) is 24.6 Å². The van der Waals surface area contributed by atoms with Gasteiger partial charge in [-0.25, -0.2) is 0 Å². The van der Waals surface area contributed by atoms with Gasteiger partial charge in [0.2, 0.25) is 0 Å². The minimum atomic E-state index is -0.918. The molecule has 0 radical (unpaired) electrons. The number of pyridine rings is 1. The van der Waals surface area contributed by atoms with Crippen molar-refractivity contribution < 1.29 is 15.1 Å². The molecule has 1 aliphatic carbocycles. The predicted octanol–water partition coefficient (Wildman–Crippen LogP) is 2.87. The largest absolute Gasteiger partial charge is 0.394 e. The van der Waals surface area contributed by atoms with Gasteiger partial charge in [-0.05, 0) is 43.2 Å². The maximum absolute atomic E-state index is 9.25. The van der Waals surface area contributed by atoms with Gasteiger partial charge in [0.1, 0.15) is 12.7 Å². The molecule has 0 bridgehead atoms. The number of allylic oxidation sites excluding steroid dienone is 2. The number of aliphatic hydroxyl groups is 2. The highest BCUT2D eigenvalue weighted by molar-refractivity contribution is 8.22. The summed E-state index contributed by atoms with van der Waals surface area (Å²) in [6.07, 6.45) is 12.5. The van der Waals surface area contributed by atoms with Crippen molar-refractivity contribution in [2.75, 3.05) is 19.5 Å². The fourth-order valence-electron chi connectivity index (χ4n) is 3.12. The third-order valence-electron chi connectivity index (χ3n) is 4.37. The molecule has 7 heteroatoms. The van der Waals surface area contributed by atoms with Gasteiger partial charge in [-0.2, -0.15) is 0 Å². The van der Waals surface area contributed by atoms with E-state index >= 15 is 0 Å². The molecule has 1 aromatic heterocycles. The zero-order valence-electron chi connectivity index (χ0n) is 14.3. The number of thiocarbonyl (C=S) groups is 1. The molecule has 0 saturated heterocycles. The van der Waals surface area contributed by atoms with Crippen LogP contribution in [0, 0.1) is 0 Å². The van der Waals surface area contributed by atoms with Crippen LogP contribution in [0.4, 0.5) is 0 Å². The first kappa shape index (κ1) is 20.0. The summed E-state index contributed by atoms with van der Waals surface area (Å²) in [6, 6.07) is 4.03. The van der Waals surface area contributed by atoms with Crippen molar-refractivity contribution in [1.29, 1.82) is 0 Å². The minimum Gasteiger partial charge on any atom is -0.394 e. The average Bonchev–Trinajstić information content (AvgIpc) is 2.67. The second kappa shape index (κ2) is 10.0. The Kier molecular flexibility index (Phi) is 8.02. The van der Waals surface area contributed by atoms with E-state index in [0.717, 1.165) is 35.4 Å². The van der Waals surface area contributed by atoms with Crippen LogP contribution in [0.5, 0.6) is 0 Å². The van der Waals surface area contributed by atoms with Crippen molar-refractivity contribution in [3.05, 3.63) is 41.7 Å². The molecule has 1 aromatic rings. The number of nitrogens with zero attached hydrogens (tertiary/aromatic N) is 2. The van der Waals surface area contributed by atoms with Crippen LogP contribution in [0.3, 0.4) is 0 Å². The number of aliphatic hydroxyl groups excluding tert-OH is 2. The number of thioether (sulfide) groups is 1. The van der Waals surface area contributed by atoms with Crippen LogP contribution in [0.2, 0.25) is 0 Å². The van der Waals surface area contributed by atoms with E-state index < -0.39 is 6.10 Å². The van der Waals surface area contributed by atoms with Crippen molar-refractivity contribution in [2.45, 2.75) is 37.2 Å². The van der Waals surface area contributed by atoms with Crippen LogP contribution in [-0.2, 0) is 10.3 Å². The van der Waals surface area contributed by atoms with Gasteiger partial charge in [0.05, 0.1) is 22.4 Å². The molecule has 1 saturated carbocycles. The maximum atomic E-state index is 9.25. The predicted molar refractivity (Wildman–Crippen MR) is 106 cm³/mol. The number of hydrogen-bond acceptors (Lipinski definition) is 7. The lowest BCUT2D eigenvalue weighted by molar-refractivity contribution is 0.00886.